The summed E-state index contributed by atoms with van der Waals surface area (Å²) in [6.07, 6.45) is 2.69. The van der Waals surface area contributed by atoms with Gasteiger partial charge < -0.3 is 10.6 Å². The number of anilines is 1. The van der Waals surface area contributed by atoms with Gasteiger partial charge in [0.2, 0.25) is 5.91 Å². The third-order valence-electron chi connectivity index (χ3n) is 3.07. The number of amides is 2. The van der Waals surface area contributed by atoms with Crippen molar-refractivity contribution >= 4 is 28.8 Å². The zero-order valence-electron chi connectivity index (χ0n) is 12.2. The zero-order valence-corrected chi connectivity index (χ0v) is 13.0. The largest absolute Gasteiger partial charge is 0.349 e. The molecule has 1 heterocycles. The average Bonchev–Trinajstić information content (AvgIpc) is 3.04. The molecular formula is C17H18N2O2S. The van der Waals surface area contributed by atoms with Crippen molar-refractivity contribution in [3.8, 4) is 0 Å². The van der Waals surface area contributed by atoms with Crippen LogP contribution < -0.4 is 10.6 Å². The van der Waals surface area contributed by atoms with Gasteiger partial charge in [0.25, 0.3) is 5.91 Å². The highest BCUT2D eigenvalue weighted by molar-refractivity contribution is 7.07. The van der Waals surface area contributed by atoms with E-state index in [2.05, 4.69) is 17.2 Å². The summed E-state index contributed by atoms with van der Waals surface area (Å²) < 4.78 is 0. The molecule has 0 aliphatic rings. The minimum absolute atomic E-state index is 0.102. The van der Waals surface area contributed by atoms with Crippen LogP contribution in [0.2, 0.25) is 0 Å². The lowest BCUT2D eigenvalue weighted by molar-refractivity contribution is -0.116. The molecule has 0 radical (unpaired) electrons. The van der Waals surface area contributed by atoms with E-state index in [1.807, 2.05) is 16.8 Å². The number of nitrogens with one attached hydrogen (secondary N) is 2. The van der Waals surface area contributed by atoms with E-state index in [4.69, 9.17) is 0 Å². The molecule has 0 bridgehead atoms. The predicted molar refractivity (Wildman–Crippen MR) is 90.2 cm³/mol. The standard InChI is InChI=1S/C17H18N2O2S/c1-2-10-18-17(21)14-5-3-4-6-15(14)19-16(20)8-7-13-9-11-22-12-13/h2-6,9,11-12H,1,7-8,10H2,(H,18,21)(H,19,20). The van der Waals surface area contributed by atoms with Gasteiger partial charge >= 0.3 is 0 Å². The van der Waals surface area contributed by atoms with Crippen LogP contribution in [-0.2, 0) is 11.2 Å². The fourth-order valence-electron chi connectivity index (χ4n) is 1.96. The van der Waals surface area contributed by atoms with E-state index in [1.54, 1.807) is 41.7 Å². The first-order chi connectivity index (χ1) is 10.7. The van der Waals surface area contributed by atoms with Crippen molar-refractivity contribution in [1.29, 1.82) is 0 Å². The molecule has 0 aliphatic carbocycles. The topological polar surface area (TPSA) is 58.2 Å². The van der Waals surface area contributed by atoms with Crippen molar-refractivity contribution in [3.05, 3.63) is 64.9 Å². The smallest absolute Gasteiger partial charge is 0.253 e. The zero-order chi connectivity index (χ0) is 15.8. The van der Waals surface area contributed by atoms with Gasteiger partial charge in [0, 0.05) is 13.0 Å². The van der Waals surface area contributed by atoms with Gasteiger partial charge in [-0.25, -0.2) is 0 Å². The molecule has 2 amide bonds. The Morgan fingerprint density at radius 3 is 2.77 bits per heavy atom. The third-order valence-corrected chi connectivity index (χ3v) is 3.81. The Bertz CT molecular complexity index is 650. The molecule has 1 aromatic carbocycles. The molecule has 0 saturated carbocycles. The number of carbonyl (C=O) groups excluding carboxylic acids is 2. The van der Waals surface area contributed by atoms with Gasteiger partial charge in [0.15, 0.2) is 0 Å². The highest BCUT2D eigenvalue weighted by atomic mass is 32.1. The second-order valence-electron chi connectivity index (χ2n) is 4.72. The lowest BCUT2D eigenvalue weighted by Crippen LogP contribution is -2.25. The summed E-state index contributed by atoms with van der Waals surface area (Å²) in [4.78, 5) is 24.1. The van der Waals surface area contributed by atoms with Gasteiger partial charge in [-0.2, -0.15) is 11.3 Å². The Hall–Kier alpha value is -2.40. The Balaban J connectivity index is 1.98. The first kappa shape index (κ1) is 16.0. The summed E-state index contributed by atoms with van der Waals surface area (Å²) in [5.41, 5.74) is 2.13. The molecule has 22 heavy (non-hydrogen) atoms. The molecule has 0 aliphatic heterocycles. The highest BCUT2D eigenvalue weighted by Crippen LogP contribution is 2.16. The van der Waals surface area contributed by atoms with Gasteiger partial charge in [-0.15, -0.1) is 6.58 Å². The second kappa shape index (κ2) is 8.14. The fraction of sp³-hybridized carbons (Fsp3) is 0.176. The summed E-state index contributed by atoms with van der Waals surface area (Å²) in [7, 11) is 0. The SMILES string of the molecule is C=CCNC(=O)c1ccccc1NC(=O)CCc1ccsc1. The number of carbonyl (C=O) groups is 2. The molecule has 2 N–H and O–H groups in total. The molecule has 2 aromatic rings. The molecule has 5 heteroatoms. The molecule has 4 nitrogen and oxygen atoms in total. The number of benzene rings is 1. The first-order valence-electron chi connectivity index (χ1n) is 6.99. The maximum absolute atomic E-state index is 12.0. The maximum Gasteiger partial charge on any atom is 0.253 e. The fourth-order valence-corrected chi connectivity index (χ4v) is 2.66. The minimum Gasteiger partial charge on any atom is -0.349 e. The first-order valence-corrected chi connectivity index (χ1v) is 7.94. The van der Waals surface area contributed by atoms with Crippen LogP contribution in [0.4, 0.5) is 5.69 Å². The van der Waals surface area contributed by atoms with Gasteiger partial charge in [-0.3, -0.25) is 9.59 Å². The molecule has 1 aromatic heterocycles. The van der Waals surface area contributed by atoms with Crippen molar-refractivity contribution in [3.63, 3.8) is 0 Å². The predicted octanol–water partition coefficient (Wildman–Crippen LogP) is 3.24. The number of hydrogen-bond donors (Lipinski definition) is 2. The van der Waals surface area contributed by atoms with Crippen LogP contribution in [0.25, 0.3) is 0 Å². The summed E-state index contributed by atoms with van der Waals surface area (Å²) in [6, 6.07) is 8.98. The quantitative estimate of drug-likeness (QED) is 0.771. The second-order valence-corrected chi connectivity index (χ2v) is 5.50. The molecule has 0 spiro atoms. The van der Waals surface area contributed by atoms with Crippen LogP contribution in [0.15, 0.2) is 53.7 Å². The number of thiophene rings is 1. The number of para-hydroxylation sites is 1. The van der Waals surface area contributed by atoms with Crippen LogP contribution in [-0.4, -0.2) is 18.4 Å². The van der Waals surface area contributed by atoms with Crippen LogP contribution in [0, 0.1) is 0 Å². The van der Waals surface area contributed by atoms with E-state index in [0.717, 1.165) is 5.56 Å². The van der Waals surface area contributed by atoms with E-state index >= 15 is 0 Å². The summed E-state index contributed by atoms with van der Waals surface area (Å²) in [5, 5.41) is 9.54. The van der Waals surface area contributed by atoms with Crippen LogP contribution >= 0.6 is 11.3 Å². The summed E-state index contributed by atoms with van der Waals surface area (Å²) in [6.45, 7) is 3.95. The molecule has 0 atom stereocenters. The highest BCUT2D eigenvalue weighted by Gasteiger charge is 2.12. The number of rotatable bonds is 7. The van der Waals surface area contributed by atoms with Crippen molar-refractivity contribution in [1.82, 2.24) is 5.32 Å². The molecule has 0 unspecified atom stereocenters. The Morgan fingerprint density at radius 2 is 2.05 bits per heavy atom. The van der Waals surface area contributed by atoms with Crippen molar-refractivity contribution in [2.24, 2.45) is 0 Å². The van der Waals surface area contributed by atoms with Crippen molar-refractivity contribution in [2.75, 3.05) is 11.9 Å². The van der Waals surface area contributed by atoms with E-state index in [-0.39, 0.29) is 11.8 Å². The average molecular weight is 314 g/mol. The van der Waals surface area contributed by atoms with E-state index in [1.165, 1.54) is 0 Å². The minimum atomic E-state index is -0.228. The monoisotopic (exact) mass is 314 g/mol. The lowest BCUT2D eigenvalue weighted by Gasteiger charge is -2.10. The Labute approximate surface area is 133 Å². The Kier molecular flexibility index (Phi) is 5.91. The van der Waals surface area contributed by atoms with Crippen molar-refractivity contribution in [2.45, 2.75) is 12.8 Å². The van der Waals surface area contributed by atoms with Crippen molar-refractivity contribution < 1.29 is 9.59 Å². The molecule has 2 rings (SSSR count). The van der Waals surface area contributed by atoms with Gasteiger partial charge in [0.1, 0.15) is 0 Å². The van der Waals surface area contributed by atoms with Crippen LogP contribution in [0.1, 0.15) is 22.3 Å². The lowest BCUT2D eigenvalue weighted by atomic mass is 10.1. The molecule has 114 valence electrons. The van der Waals surface area contributed by atoms with Crippen LogP contribution in [0.3, 0.4) is 0 Å². The maximum atomic E-state index is 12.0. The van der Waals surface area contributed by atoms with E-state index in [9.17, 15) is 9.59 Å². The van der Waals surface area contributed by atoms with E-state index < -0.39 is 0 Å². The van der Waals surface area contributed by atoms with Gasteiger partial charge in [-0.1, -0.05) is 18.2 Å². The Morgan fingerprint density at radius 1 is 1.23 bits per heavy atom. The molecular weight excluding hydrogens is 296 g/mol. The summed E-state index contributed by atoms with van der Waals surface area (Å²) >= 11 is 1.62. The van der Waals surface area contributed by atoms with Gasteiger partial charge in [-0.05, 0) is 40.9 Å². The third kappa shape index (κ3) is 4.56. The van der Waals surface area contributed by atoms with Gasteiger partial charge in [0.05, 0.1) is 11.3 Å². The normalized spacial score (nSPS) is 10.0. The van der Waals surface area contributed by atoms with Crippen LogP contribution in [0.5, 0.6) is 0 Å². The summed E-state index contributed by atoms with van der Waals surface area (Å²) in [5.74, 6) is -0.330. The number of hydrogen-bond acceptors (Lipinski definition) is 3. The number of aryl methyl sites for hydroxylation is 1. The molecule has 0 saturated heterocycles. The van der Waals surface area contributed by atoms with E-state index in [0.29, 0.717) is 30.6 Å². The molecule has 0 fully saturated rings.